The van der Waals surface area contributed by atoms with Crippen LogP contribution in [0.4, 0.5) is 13.2 Å². The van der Waals surface area contributed by atoms with Crippen LogP contribution in [-0.4, -0.2) is 19.3 Å². The zero-order valence-electron chi connectivity index (χ0n) is 18.6. The molecule has 31 heavy (non-hydrogen) atoms. The lowest BCUT2D eigenvalue weighted by molar-refractivity contribution is -0.00282. The molecule has 3 rings (SSSR count). The van der Waals surface area contributed by atoms with Gasteiger partial charge in [-0.05, 0) is 48.9 Å². The van der Waals surface area contributed by atoms with Gasteiger partial charge >= 0.3 is 0 Å². The van der Waals surface area contributed by atoms with Gasteiger partial charge in [0.2, 0.25) is 0 Å². The fraction of sp³-hybridized carbons (Fsp3) is 0.538. The molecule has 2 aromatic rings. The van der Waals surface area contributed by atoms with Crippen LogP contribution in [0.1, 0.15) is 76.7 Å². The highest BCUT2D eigenvalue weighted by atomic mass is 19.2. The maximum Gasteiger partial charge on any atom is 0.166 e. The second kappa shape index (κ2) is 11.6. The van der Waals surface area contributed by atoms with Gasteiger partial charge in [0.1, 0.15) is 0 Å². The van der Waals surface area contributed by atoms with Crippen LogP contribution in [0.2, 0.25) is 0 Å². The molecule has 0 aliphatic carbocycles. The molecule has 0 N–H and O–H groups in total. The van der Waals surface area contributed by atoms with Crippen molar-refractivity contribution in [1.29, 1.82) is 0 Å². The molecule has 2 aromatic carbocycles. The first-order valence-corrected chi connectivity index (χ1v) is 11.6. The minimum atomic E-state index is -0.944. The van der Waals surface area contributed by atoms with Crippen LogP contribution in [0, 0.1) is 17.5 Å². The second-order valence-electron chi connectivity index (χ2n) is 8.40. The maximum absolute atomic E-state index is 14.9. The summed E-state index contributed by atoms with van der Waals surface area (Å²) >= 11 is 0. The van der Waals surface area contributed by atoms with Gasteiger partial charge in [-0.3, -0.25) is 0 Å². The predicted octanol–water partition coefficient (Wildman–Crippen LogP) is 7.79. The number of unbranched alkanes of at least 4 members (excludes halogenated alkanes) is 3. The minimum Gasteiger partial charge on any atom is -0.491 e. The van der Waals surface area contributed by atoms with Crippen LogP contribution in [0.3, 0.4) is 0 Å². The van der Waals surface area contributed by atoms with Crippen molar-refractivity contribution in [1.82, 2.24) is 0 Å². The van der Waals surface area contributed by atoms with Gasteiger partial charge in [0.25, 0.3) is 0 Å². The first-order chi connectivity index (χ1) is 15.0. The quantitative estimate of drug-likeness (QED) is 0.355. The van der Waals surface area contributed by atoms with Crippen molar-refractivity contribution in [2.45, 2.75) is 77.2 Å². The molecule has 2 atom stereocenters. The van der Waals surface area contributed by atoms with Gasteiger partial charge in [-0.15, -0.1) is 0 Å². The minimum absolute atomic E-state index is 0.0488. The van der Waals surface area contributed by atoms with Crippen LogP contribution in [0.25, 0.3) is 11.1 Å². The zero-order chi connectivity index (χ0) is 22.2. The van der Waals surface area contributed by atoms with Gasteiger partial charge in [0.15, 0.2) is 23.2 Å². The number of rotatable bonds is 10. The van der Waals surface area contributed by atoms with E-state index < -0.39 is 17.5 Å². The first kappa shape index (κ1) is 23.6. The largest absolute Gasteiger partial charge is 0.491 e. The van der Waals surface area contributed by atoms with Crippen LogP contribution in [-0.2, 0) is 4.74 Å². The van der Waals surface area contributed by atoms with E-state index in [4.69, 9.17) is 9.47 Å². The first-order valence-electron chi connectivity index (χ1n) is 11.6. The third kappa shape index (κ3) is 6.03. The summed E-state index contributed by atoms with van der Waals surface area (Å²) in [6, 6.07) is 7.35. The molecule has 5 heteroatoms. The molecular formula is C26H33F3O2. The number of hydrogen-bond donors (Lipinski definition) is 0. The Bertz CT molecular complexity index is 845. The second-order valence-corrected chi connectivity index (χ2v) is 8.40. The Kier molecular flexibility index (Phi) is 8.82. The van der Waals surface area contributed by atoms with Crippen molar-refractivity contribution in [3.05, 3.63) is 53.3 Å². The SMILES string of the molecule is CCCCCCC1CCC(c2ccc(-c3ccc(OCCC)c(F)c3)c(F)c2F)CO1. The molecular weight excluding hydrogens is 401 g/mol. The Hall–Kier alpha value is -2.01. The number of hydrogen-bond acceptors (Lipinski definition) is 2. The van der Waals surface area contributed by atoms with E-state index in [1.165, 1.54) is 37.5 Å². The predicted molar refractivity (Wildman–Crippen MR) is 118 cm³/mol. The smallest absolute Gasteiger partial charge is 0.166 e. The van der Waals surface area contributed by atoms with Gasteiger partial charge in [0.05, 0.1) is 19.3 Å². The summed E-state index contributed by atoms with van der Waals surface area (Å²) in [6.45, 7) is 4.93. The Balaban J connectivity index is 1.67. The highest BCUT2D eigenvalue weighted by molar-refractivity contribution is 5.66. The van der Waals surface area contributed by atoms with Gasteiger partial charge in [-0.2, -0.15) is 0 Å². The van der Waals surface area contributed by atoms with Crippen LogP contribution >= 0.6 is 0 Å². The van der Waals surface area contributed by atoms with Crippen molar-refractivity contribution in [3.63, 3.8) is 0 Å². The summed E-state index contributed by atoms with van der Waals surface area (Å²) in [7, 11) is 0. The normalized spacial score (nSPS) is 18.9. The zero-order valence-corrected chi connectivity index (χ0v) is 18.6. The molecule has 0 amide bonds. The third-order valence-electron chi connectivity index (χ3n) is 6.01. The van der Waals surface area contributed by atoms with Gasteiger partial charge in [-0.25, -0.2) is 13.2 Å². The van der Waals surface area contributed by atoms with Crippen LogP contribution in [0.5, 0.6) is 5.75 Å². The van der Waals surface area contributed by atoms with Crippen molar-refractivity contribution in [2.24, 2.45) is 0 Å². The van der Waals surface area contributed by atoms with E-state index in [0.29, 0.717) is 18.8 Å². The molecule has 1 saturated heterocycles. The molecule has 1 aliphatic heterocycles. The number of halogens is 3. The summed E-state index contributed by atoms with van der Waals surface area (Å²) in [6.07, 6.45) is 8.47. The molecule has 0 saturated carbocycles. The van der Waals surface area contributed by atoms with E-state index in [0.717, 1.165) is 32.1 Å². The molecule has 1 aliphatic rings. The summed E-state index contributed by atoms with van der Waals surface area (Å²) in [5, 5.41) is 0. The maximum atomic E-state index is 14.9. The Morgan fingerprint density at radius 2 is 1.77 bits per heavy atom. The van der Waals surface area contributed by atoms with Gasteiger partial charge in [0, 0.05) is 11.5 Å². The summed E-state index contributed by atoms with van der Waals surface area (Å²) < 4.78 is 55.3. The fourth-order valence-corrected chi connectivity index (χ4v) is 4.18. The summed E-state index contributed by atoms with van der Waals surface area (Å²) in [5.74, 6) is -2.43. The van der Waals surface area contributed by atoms with Crippen molar-refractivity contribution >= 4 is 0 Å². The Labute approximate surface area is 183 Å². The standard InChI is InChI=1S/C26H33F3O2/c1-3-5-6-7-8-20-11-9-19(17-31-20)22-13-12-21(25(28)26(22)29)18-10-14-24(23(27)16-18)30-15-4-2/h10,12-14,16,19-20H,3-9,11,15,17H2,1-2H3. The van der Waals surface area contributed by atoms with E-state index in [2.05, 4.69) is 6.92 Å². The number of ether oxygens (including phenoxy) is 2. The van der Waals surface area contributed by atoms with Crippen LogP contribution < -0.4 is 4.74 Å². The molecule has 0 spiro atoms. The van der Waals surface area contributed by atoms with E-state index >= 15 is 0 Å². The molecule has 0 radical (unpaired) electrons. The summed E-state index contributed by atoms with van der Waals surface area (Å²) in [5.41, 5.74) is 0.679. The average Bonchev–Trinajstić information content (AvgIpc) is 2.78. The fourth-order valence-electron chi connectivity index (χ4n) is 4.18. The lowest BCUT2D eigenvalue weighted by atomic mass is 9.88. The van der Waals surface area contributed by atoms with Gasteiger partial charge < -0.3 is 9.47 Å². The highest BCUT2D eigenvalue weighted by Crippen LogP contribution is 2.36. The third-order valence-corrected chi connectivity index (χ3v) is 6.01. The lowest BCUT2D eigenvalue weighted by Crippen LogP contribution is -2.25. The molecule has 0 bridgehead atoms. The molecule has 1 fully saturated rings. The summed E-state index contributed by atoms with van der Waals surface area (Å²) in [4.78, 5) is 0. The van der Waals surface area contributed by atoms with Crippen LogP contribution in [0.15, 0.2) is 30.3 Å². The van der Waals surface area contributed by atoms with Crippen molar-refractivity contribution in [2.75, 3.05) is 13.2 Å². The lowest BCUT2D eigenvalue weighted by Gasteiger charge is -2.30. The average molecular weight is 435 g/mol. The highest BCUT2D eigenvalue weighted by Gasteiger charge is 2.27. The monoisotopic (exact) mass is 434 g/mol. The Morgan fingerprint density at radius 1 is 0.935 bits per heavy atom. The topological polar surface area (TPSA) is 18.5 Å². The van der Waals surface area contributed by atoms with E-state index in [1.54, 1.807) is 12.1 Å². The van der Waals surface area contributed by atoms with Crippen molar-refractivity contribution < 1.29 is 22.6 Å². The molecule has 0 aromatic heterocycles. The van der Waals surface area contributed by atoms with Crippen molar-refractivity contribution in [3.8, 4) is 16.9 Å². The molecule has 170 valence electrons. The molecule has 2 unspecified atom stereocenters. The Morgan fingerprint density at radius 3 is 2.45 bits per heavy atom. The molecule has 1 heterocycles. The van der Waals surface area contributed by atoms with E-state index in [1.807, 2.05) is 6.92 Å². The van der Waals surface area contributed by atoms with E-state index in [-0.39, 0.29) is 28.9 Å². The van der Waals surface area contributed by atoms with Gasteiger partial charge in [-0.1, -0.05) is 57.7 Å². The number of benzene rings is 2. The molecule has 2 nitrogen and oxygen atoms in total. The van der Waals surface area contributed by atoms with E-state index in [9.17, 15) is 13.2 Å².